The zero-order chi connectivity index (χ0) is 10.9. The molecule has 0 aromatic carbocycles. The summed E-state index contributed by atoms with van der Waals surface area (Å²) in [6, 6.07) is 1.79. The van der Waals surface area contributed by atoms with Gasteiger partial charge in [0.15, 0.2) is 0 Å². The Kier molecular flexibility index (Phi) is 5.92. The Labute approximate surface area is 97.6 Å². The predicted molar refractivity (Wildman–Crippen MR) is 61.5 cm³/mol. The first kappa shape index (κ1) is 12.1. The van der Waals surface area contributed by atoms with Crippen molar-refractivity contribution in [3.05, 3.63) is 24.3 Å². The van der Waals surface area contributed by atoms with Crippen molar-refractivity contribution in [3.63, 3.8) is 0 Å². The fourth-order valence-corrected chi connectivity index (χ4v) is 1.48. The second-order valence-electron chi connectivity index (χ2n) is 3.12. The summed E-state index contributed by atoms with van der Waals surface area (Å²) in [6.07, 6.45) is 5.67. The van der Waals surface area contributed by atoms with Crippen molar-refractivity contribution < 1.29 is 4.79 Å². The lowest BCUT2D eigenvalue weighted by atomic mass is 10.2. The van der Waals surface area contributed by atoms with Crippen molar-refractivity contribution in [2.75, 3.05) is 5.33 Å². The molecule has 1 amide bonds. The molecule has 0 aliphatic carbocycles. The van der Waals surface area contributed by atoms with E-state index in [9.17, 15) is 4.79 Å². The first-order valence-corrected chi connectivity index (χ1v) is 6.02. The number of amides is 1. The van der Waals surface area contributed by atoms with Crippen LogP contribution in [0.4, 0.5) is 0 Å². The molecule has 0 aliphatic heterocycles. The van der Waals surface area contributed by atoms with E-state index < -0.39 is 0 Å². The van der Waals surface area contributed by atoms with E-state index in [1.165, 1.54) is 6.33 Å². The van der Waals surface area contributed by atoms with E-state index in [0.29, 0.717) is 13.0 Å². The number of unbranched alkanes of at least 4 members (excludes halogenated alkanes) is 1. The normalized spacial score (nSPS) is 9.93. The average molecular weight is 272 g/mol. The Morgan fingerprint density at radius 1 is 1.47 bits per heavy atom. The summed E-state index contributed by atoms with van der Waals surface area (Å²) in [5.74, 6) is 0.0783. The van der Waals surface area contributed by atoms with Gasteiger partial charge in [0, 0.05) is 17.9 Å². The fraction of sp³-hybridized carbons (Fsp3) is 0.500. The summed E-state index contributed by atoms with van der Waals surface area (Å²) in [4.78, 5) is 19.1. The summed E-state index contributed by atoms with van der Waals surface area (Å²) in [5, 5.41) is 3.76. The van der Waals surface area contributed by atoms with Crippen LogP contribution in [0.3, 0.4) is 0 Å². The van der Waals surface area contributed by atoms with Crippen LogP contribution in [-0.4, -0.2) is 21.2 Å². The van der Waals surface area contributed by atoms with E-state index in [1.807, 2.05) is 0 Å². The highest BCUT2D eigenvalue weighted by Gasteiger charge is 2.00. The van der Waals surface area contributed by atoms with Crippen molar-refractivity contribution in [1.29, 1.82) is 0 Å². The van der Waals surface area contributed by atoms with Crippen LogP contribution in [0, 0.1) is 0 Å². The lowest BCUT2D eigenvalue weighted by Gasteiger charge is -2.03. The van der Waals surface area contributed by atoms with Gasteiger partial charge in [0.2, 0.25) is 5.91 Å². The van der Waals surface area contributed by atoms with Gasteiger partial charge in [-0.2, -0.15) is 0 Å². The summed E-state index contributed by atoms with van der Waals surface area (Å²) in [7, 11) is 0. The maximum atomic E-state index is 11.3. The smallest absolute Gasteiger partial charge is 0.220 e. The molecule has 0 saturated heterocycles. The van der Waals surface area contributed by atoms with E-state index in [4.69, 9.17) is 0 Å². The van der Waals surface area contributed by atoms with E-state index in [0.717, 1.165) is 23.9 Å². The molecule has 0 atom stereocenters. The van der Waals surface area contributed by atoms with Gasteiger partial charge in [-0.15, -0.1) is 0 Å². The zero-order valence-electron chi connectivity index (χ0n) is 8.45. The Balaban J connectivity index is 2.17. The number of nitrogens with zero attached hydrogens (tertiary/aromatic N) is 2. The van der Waals surface area contributed by atoms with Crippen molar-refractivity contribution in [2.45, 2.75) is 25.8 Å². The molecular formula is C10H14BrN3O. The van der Waals surface area contributed by atoms with Crippen molar-refractivity contribution in [1.82, 2.24) is 15.3 Å². The molecule has 1 N–H and O–H groups in total. The number of carbonyl (C=O) groups excluding carboxylic acids is 1. The summed E-state index contributed by atoms with van der Waals surface area (Å²) in [6.45, 7) is 0.482. The highest BCUT2D eigenvalue weighted by molar-refractivity contribution is 9.09. The van der Waals surface area contributed by atoms with Gasteiger partial charge in [-0.1, -0.05) is 15.9 Å². The molecule has 4 nitrogen and oxygen atoms in total. The summed E-state index contributed by atoms with van der Waals surface area (Å²) >= 11 is 3.33. The molecule has 0 unspecified atom stereocenters. The monoisotopic (exact) mass is 271 g/mol. The van der Waals surface area contributed by atoms with Crippen LogP contribution in [0.5, 0.6) is 0 Å². The minimum atomic E-state index is 0.0783. The van der Waals surface area contributed by atoms with Crippen LogP contribution in [0.25, 0.3) is 0 Å². The van der Waals surface area contributed by atoms with Gasteiger partial charge >= 0.3 is 0 Å². The molecule has 1 aromatic heterocycles. The minimum Gasteiger partial charge on any atom is -0.350 e. The van der Waals surface area contributed by atoms with Gasteiger partial charge in [0.1, 0.15) is 6.33 Å². The number of aromatic nitrogens is 2. The van der Waals surface area contributed by atoms with Gasteiger partial charge in [-0.05, 0) is 18.9 Å². The molecule has 0 saturated carbocycles. The molecule has 15 heavy (non-hydrogen) atoms. The van der Waals surface area contributed by atoms with Crippen LogP contribution in [-0.2, 0) is 11.3 Å². The lowest BCUT2D eigenvalue weighted by molar-refractivity contribution is -0.121. The molecule has 82 valence electrons. The van der Waals surface area contributed by atoms with E-state index in [2.05, 4.69) is 31.2 Å². The lowest BCUT2D eigenvalue weighted by Crippen LogP contribution is -2.22. The molecule has 5 heteroatoms. The van der Waals surface area contributed by atoms with Gasteiger partial charge in [0.05, 0.1) is 12.2 Å². The maximum absolute atomic E-state index is 11.3. The number of carbonyl (C=O) groups is 1. The number of hydrogen-bond acceptors (Lipinski definition) is 3. The van der Waals surface area contributed by atoms with Gasteiger partial charge in [-0.25, -0.2) is 9.97 Å². The Hall–Kier alpha value is -0.970. The van der Waals surface area contributed by atoms with E-state index >= 15 is 0 Å². The van der Waals surface area contributed by atoms with Crippen molar-refractivity contribution in [2.24, 2.45) is 0 Å². The largest absolute Gasteiger partial charge is 0.350 e. The Morgan fingerprint density at radius 2 is 2.33 bits per heavy atom. The van der Waals surface area contributed by atoms with Gasteiger partial charge in [0.25, 0.3) is 0 Å². The van der Waals surface area contributed by atoms with Gasteiger partial charge in [-0.3, -0.25) is 4.79 Å². The number of nitrogens with one attached hydrogen (secondary N) is 1. The molecule has 1 rings (SSSR count). The van der Waals surface area contributed by atoms with Crippen LogP contribution >= 0.6 is 15.9 Å². The fourth-order valence-electron chi connectivity index (χ4n) is 1.08. The molecule has 0 spiro atoms. The average Bonchev–Trinajstić information content (AvgIpc) is 2.28. The molecule has 1 heterocycles. The topological polar surface area (TPSA) is 54.9 Å². The van der Waals surface area contributed by atoms with Crippen LogP contribution < -0.4 is 5.32 Å². The predicted octanol–water partition coefficient (Wildman–Crippen LogP) is 1.66. The molecule has 0 fully saturated rings. The van der Waals surface area contributed by atoms with Crippen LogP contribution in [0.1, 0.15) is 25.0 Å². The highest BCUT2D eigenvalue weighted by Crippen LogP contribution is 1.98. The second-order valence-corrected chi connectivity index (χ2v) is 3.92. The summed E-state index contributed by atoms with van der Waals surface area (Å²) in [5.41, 5.74) is 0.832. The molecule has 0 radical (unpaired) electrons. The van der Waals surface area contributed by atoms with Crippen molar-refractivity contribution in [3.8, 4) is 0 Å². The van der Waals surface area contributed by atoms with Crippen molar-refractivity contribution >= 4 is 21.8 Å². The van der Waals surface area contributed by atoms with Crippen LogP contribution in [0.15, 0.2) is 18.6 Å². The second kappa shape index (κ2) is 7.34. The third kappa shape index (κ3) is 5.47. The minimum absolute atomic E-state index is 0.0783. The van der Waals surface area contributed by atoms with Gasteiger partial charge < -0.3 is 5.32 Å². The first-order valence-electron chi connectivity index (χ1n) is 4.90. The molecular weight excluding hydrogens is 258 g/mol. The number of hydrogen-bond donors (Lipinski definition) is 1. The standard InChI is InChI=1S/C10H14BrN3O/c11-5-2-1-3-10(15)13-7-9-4-6-12-8-14-9/h4,6,8H,1-3,5,7H2,(H,13,15). The quantitative estimate of drug-likeness (QED) is 0.633. The number of rotatable bonds is 6. The molecule has 0 aliphatic rings. The van der Waals surface area contributed by atoms with Crippen LogP contribution in [0.2, 0.25) is 0 Å². The van der Waals surface area contributed by atoms with E-state index in [-0.39, 0.29) is 5.91 Å². The molecule has 1 aromatic rings. The summed E-state index contributed by atoms with van der Waals surface area (Å²) < 4.78 is 0. The third-order valence-corrected chi connectivity index (χ3v) is 2.46. The molecule has 0 bridgehead atoms. The number of halogens is 1. The third-order valence-electron chi connectivity index (χ3n) is 1.90. The maximum Gasteiger partial charge on any atom is 0.220 e. The van der Waals surface area contributed by atoms with E-state index in [1.54, 1.807) is 12.3 Å². The zero-order valence-corrected chi connectivity index (χ0v) is 10.0. The SMILES string of the molecule is O=C(CCCCBr)NCc1ccncn1. The number of alkyl halides is 1. The Morgan fingerprint density at radius 3 is 3.00 bits per heavy atom. The Bertz CT molecular complexity index is 292. The highest BCUT2D eigenvalue weighted by atomic mass is 79.9. The first-order chi connectivity index (χ1) is 7.33.